The van der Waals surface area contributed by atoms with Gasteiger partial charge in [0.05, 0.1) is 0 Å². The summed E-state index contributed by atoms with van der Waals surface area (Å²) in [6.07, 6.45) is 3.28. The number of rotatable bonds is 8. The molecule has 4 nitrogen and oxygen atoms in total. The van der Waals surface area contributed by atoms with Crippen LogP contribution in [0.1, 0.15) is 51.4 Å². The molecule has 0 amide bonds. The van der Waals surface area contributed by atoms with Crippen LogP contribution in [0.25, 0.3) is 0 Å². The van der Waals surface area contributed by atoms with Gasteiger partial charge in [0.15, 0.2) is 0 Å². The third kappa shape index (κ3) is 4.85. The van der Waals surface area contributed by atoms with Crippen LogP contribution in [0.5, 0.6) is 0 Å². The second kappa shape index (κ2) is 8.35. The van der Waals surface area contributed by atoms with E-state index in [0.717, 1.165) is 41.7 Å². The first-order valence-electron chi connectivity index (χ1n) is 7.37. The lowest BCUT2D eigenvalue weighted by molar-refractivity contribution is 0.743. The van der Waals surface area contributed by atoms with Crippen LogP contribution >= 0.6 is 11.8 Å². The Morgan fingerprint density at radius 1 is 1.15 bits per heavy atom. The molecule has 0 aliphatic heterocycles. The van der Waals surface area contributed by atoms with Crippen molar-refractivity contribution in [3.63, 3.8) is 0 Å². The highest BCUT2D eigenvalue weighted by atomic mass is 32.2. The fourth-order valence-corrected chi connectivity index (χ4v) is 2.46. The highest BCUT2D eigenvalue weighted by Gasteiger charge is 2.14. The smallest absolute Gasteiger partial charge is 0.135 e. The molecule has 0 aliphatic carbocycles. The molecule has 1 heterocycles. The van der Waals surface area contributed by atoms with Gasteiger partial charge in [-0.15, -0.1) is 0 Å². The number of hydrogen-bond acceptors (Lipinski definition) is 5. The third-order valence-corrected chi connectivity index (χ3v) is 3.81. The average Bonchev–Trinajstić information content (AvgIpc) is 2.40. The quantitative estimate of drug-likeness (QED) is 0.762. The zero-order chi connectivity index (χ0) is 15.1. The van der Waals surface area contributed by atoms with Gasteiger partial charge >= 0.3 is 0 Å². The van der Waals surface area contributed by atoms with Crippen LogP contribution in [0.3, 0.4) is 0 Å². The van der Waals surface area contributed by atoms with E-state index in [1.807, 2.05) is 11.8 Å². The molecule has 1 atom stereocenters. The Kier molecular flexibility index (Phi) is 7.13. The van der Waals surface area contributed by atoms with Crippen LogP contribution in [0.4, 0.5) is 11.6 Å². The largest absolute Gasteiger partial charge is 0.370 e. The molecule has 1 aromatic heterocycles. The van der Waals surface area contributed by atoms with E-state index in [1.165, 1.54) is 0 Å². The molecule has 0 saturated carbocycles. The Morgan fingerprint density at radius 2 is 1.80 bits per heavy atom. The van der Waals surface area contributed by atoms with Crippen LogP contribution in [-0.2, 0) is 0 Å². The molecule has 0 aliphatic rings. The molecule has 2 N–H and O–H groups in total. The lowest BCUT2D eigenvalue weighted by Gasteiger charge is -2.19. The van der Waals surface area contributed by atoms with E-state index in [-0.39, 0.29) is 0 Å². The topological polar surface area (TPSA) is 49.8 Å². The number of nitrogens with zero attached hydrogens (tertiary/aromatic N) is 2. The molecule has 0 bridgehead atoms. The average molecular weight is 296 g/mol. The van der Waals surface area contributed by atoms with Gasteiger partial charge in [0, 0.05) is 24.1 Å². The number of nitrogens with one attached hydrogen (secondary N) is 2. The summed E-state index contributed by atoms with van der Waals surface area (Å²) in [5, 5.41) is 6.87. The van der Waals surface area contributed by atoms with Crippen molar-refractivity contribution in [1.82, 2.24) is 9.97 Å². The first kappa shape index (κ1) is 17.1. The van der Waals surface area contributed by atoms with E-state index in [9.17, 15) is 0 Å². The van der Waals surface area contributed by atoms with Crippen molar-refractivity contribution >= 4 is 23.4 Å². The van der Waals surface area contributed by atoms with Crippen molar-refractivity contribution in [1.29, 1.82) is 0 Å². The standard InChI is InChI=1S/C15H28N4S/c1-7-16-14-12(5)15(17-11(4)8-9-20-6)19-13(18-14)10(2)3/h10-11H,7-9H2,1-6H3,(H2,16,17,18,19). The lowest BCUT2D eigenvalue weighted by Crippen LogP contribution is -2.19. The predicted octanol–water partition coefficient (Wildman–Crippen LogP) is 3.89. The summed E-state index contributed by atoms with van der Waals surface area (Å²) in [5.41, 5.74) is 1.10. The molecule has 0 fully saturated rings. The fraction of sp³-hybridized carbons (Fsp3) is 0.733. The van der Waals surface area contributed by atoms with Crippen LogP contribution in [0.2, 0.25) is 0 Å². The molecule has 114 valence electrons. The summed E-state index contributed by atoms with van der Waals surface area (Å²) < 4.78 is 0. The van der Waals surface area contributed by atoms with Gasteiger partial charge in [0.25, 0.3) is 0 Å². The zero-order valence-electron chi connectivity index (χ0n) is 13.6. The Bertz CT molecular complexity index is 421. The maximum atomic E-state index is 4.69. The van der Waals surface area contributed by atoms with Crippen molar-refractivity contribution in [3.05, 3.63) is 11.4 Å². The molecule has 0 spiro atoms. The Balaban J connectivity index is 2.97. The van der Waals surface area contributed by atoms with E-state index in [0.29, 0.717) is 12.0 Å². The first-order valence-corrected chi connectivity index (χ1v) is 8.76. The third-order valence-electron chi connectivity index (χ3n) is 3.16. The minimum Gasteiger partial charge on any atom is -0.370 e. The zero-order valence-corrected chi connectivity index (χ0v) is 14.4. The SMILES string of the molecule is CCNc1nc(C(C)C)nc(NC(C)CCSC)c1C. The van der Waals surface area contributed by atoms with Crippen LogP contribution in [0, 0.1) is 6.92 Å². The van der Waals surface area contributed by atoms with E-state index in [1.54, 1.807) is 0 Å². The van der Waals surface area contributed by atoms with Crippen molar-refractivity contribution in [2.24, 2.45) is 0 Å². The van der Waals surface area contributed by atoms with Crippen LogP contribution in [-0.4, -0.2) is 34.6 Å². The maximum Gasteiger partial charge on any atom is 0.135 e. The molecule has 20 heavy (non-hydrogen) atoms. The number of hydrogen-bond donors (Lipinski definition) is 2. The van der Waals surface area contributed by atoms with Crippen LogP contribution < -0.4 is 10.6 Å². The van der Waals surface area contributed by atoms with E-state index in [4.69, 9.17) is 4.98 Å². The number of anilines is 2. The Hall–Kier alpha value is -0.970. The number of thioether (sulfide) groups is 1. The molecule has 0 aromatic carbocycles. The van der Waals surface area contributed by atoms with Gasteiger partial charge < -0.3 is 10.6 Å². The summed E-state index contributed by atoms with van der Waals surface area (Å²) in [6.45, 7) is 11.5. The molecule has 1 aromatic rings. The van der Waals surface area contributed by atoms with Crippen LogP contribution in [0.15, 0.2) is 0 Å². The first-order chi connectivity index (χ1) is 9.49. The van der Waals surface area contributed by atoms with Gasteiger partial charge in [-0.3, -0.25) is 0 Å². The van der Waals surface area contributed by atoms with Crippen molar-refractivity contribution in [2.75, 3.05) is 29.2 Å². The van der Waals surface area contributed by atoms with E-state index in [2.05, 4.69) is 56.5 Å². The summed E-state index contributed by atoms with van der Waals surface area (Å²) in [6, 6.07) is 0.422. The maximum absolute atomic E-state index is 4.69. The normalized spacial score (nSPS) is 12.6. The lowest BCUT2D eigenvalue weighted by atomic mass is 10.2. The highest BCUT2D eigenvalue weighted by molar-refractivity contribution is 7.98. The van der Waals surface area contributed by atoms with Gasteiger partial charge in [-0.05, 0) is 39.2 Å². The summed E-state index contributed by atoms with van der Waals surface area (Å²) in [7, 11) is 0. The van der Waals surface area contributed by atoms with Gasteiger partial charge in [-0.2, -0.15) is 11.8 Å². The summed E-state index contributed by atoms with van der Waals surface area (Å²) in [4.78, 5) is 9.32. The minimum atomic E-state index is 0.329. The number of aromatic nitrogens is 2. The van der Waals surface area contributed by atoms with Gasteiger partial charge in [-0.1, -0.05) is 13.8 Å². The molecular weight excluding hydrogens is 268 g/mol. The molecular formula is C15H28N4S. The van der Waals surface area contributed by atoms with E-state index < -0.39 is 0 Å². The second-order valence-corrected chi connectivity index (χ2v) is 6.40. The Labute approximate surface area is 127 Å². The van der Waals surface area contributed by atoms with Crippen molar-refractivity contribution in [2.45, 2.75) is 53.0 Å². The summed E-state index contributed by atoms with van der Waals surface area (Å²) >= 11 is 1.88. The molecule has 1 rings (SSSR count). The monoisotopic (exact) mass is 296 g/mol. The summed E-state index contributed by atoms with van der Waals surface area (Å²) in [5.74, 6) is 4.30. The van der Waals surface area contributed by atoms with Crippen molar-refractivity contribution in [3.8, 4) is 0 Å². The minimum absolute atomic E-state index is 0.329. The Morgan fingerprint density at radius 3 is 2.35 bits per heavy atom. The van der Waals surface area contributed by atoms with Gasteiger partial charge in [-0.25, -0.2) is 9.97 Å². The molecule has 5 heteroatoms. The highest BCUT2D eigenvalue weighted by Crippen LogP contribution is 2.24. The molecule has 1 unspecified atom stereocenters. The second-order valence-electron chi connectivity index (χ2n) is 5.42. The van der Waals surface area contributed by atoms with Crippen molar-refractivity contribution < 1.29 is 0 Å². The fourth-order valence-electron chi connectivity index (χ4n) is 1.87. The molecule has 0 radical (unpaired) electrons. The van der Waals surface area contributed by atoms with Gasteiger partial charge in [0.1, 0.15) is 17.5 Å². The molecule has 0 saturated heterocycles. The van der Waals surface area contributed by atoms with E-state index >= 15 is 0 Å². The van der Waals surface area contributed by atoms with Gasteiger partial charge in [0.2, 0.25) is 0 Å². The predicted molar refractivity (Wildman–Crippen MR) is 91.1 cm³/mol.